The van der Waals surface area contributed by atoms with Gasteiger partial charge < -0.3 is 14.9 Å². The maximum absolute atomic E-state index is 12.0. The van der Waals surface area contributed by atoms with Gasteiger partial charge in [0.2, 0.25) is 0 Å². The molecule has 0 radical (unpaired) electrons. The third-order valence-corrected chi connectivity index (χ3v) is 2.20. The lowest BCUT2D eigenvalue weighted by Gasteiger charge is -2.03. The maximum atomic E-state index is 12.0. The largest absolute Gasteiger partial charge is 0.395 e. The standard InChI is InChI=1S/C13H11N3O3/c17-7-2-1-3-10-9-14-6-4-11(10)13(18)15-12-5-8-19-16-12/h4-6,8-9,17H,2,7H2,(H,15,16,18). The molecule has 0 aliphatic heterocycles. The molecule has 19 heavy (non-hydrogen) atoms. The van der Waals surface area contributed by atoms with Crippen molar-refractivity contribution in [1.82, 2.24) is 10.1 Å². The molecule has 0 unspecified atom stereocenters. The molecule has 0 aliphatic carbocycles. The van der Waals surface area contributed by atoms with Crippen LogP contribution in [0.25, 0.3) is 0 Å². The van der Waals surface area contributed by atoms with Gasteiger partial charge in [0.15, 0.2) is 5.82 Å². The van der Waals surface area contributed by atoms with Gasteiger partial charge in [0, 0.05) is 24.9 Å². The molecule has 2 heterocycles. The molecule has 0 spiro atoms. The van der Waals surface area contributed by atoms with E-state index in [0.29, 0.717) is 23.4 Å². The monoisotopic (exact) mass is 257 g/mol. The molecule has 2 rings (SSSR count). The van der Waals surface area contributed by atoms with Crippen LogP contribution >= 0.6 is 0 Å². The zero-order chi connectivity index (χ0) is 13.5. The summed E-state index contributed by atoms with van der Waals surface area (Å²) in [6.07, 6.45) is 4.72. The molecule has 6 heteroatoms. The number of carbonyl (C=O) groups is 1. The van der Waals surface area contributed by atoms with Crippen LogP contribution in [0.5, 0.6) is 0 Å². The average molecular weight is 257 g/mol. The summed E-state index contributed by atoms with van der Waals surface area (Å²) in [5.41, 5.74) is 0.889. The Morgan fingerprint density at radius 1 is 1.47 bits per heavy atom. The van der Waals surface area contributed by atoms with Crippen LogP contribution in [0, 0.1) is 11.8 Å². The molecule has 0 aromatic carbocycles. The van der Waals surface area contributed by atoms with Crippen molar-refractivity contribution in [2.45, 2.75) is 6.42 Å². The molecule has 0 saturated carbocycles. The van der Waals surface area contributed by atoms with Crippen LogP contribution < -0.4 is 5.32 Å². The minimum absolute atomic E-state index is 0.0201. The summed E-state index contributed by atoms with van der Waals surface area (Å²) in [7, 11) is 0. The number of hydrogen-bond acceptors (Lipinski definition) is 5. The number of aliphatic hydroxyl groups is 1. The molecular weight excluding hydrogens is 246 g/mol. The second-order valence-corrected chi connectivity index (χ2v) is 3.54. The quantitative estimate of drug-likeness (QED) is 0.802. The van der Waals surface area contributed by atoms with Gasteiger partial charge in [0.25, 0.3) is 5.91 Å². The van der Waals surface area contributed by atoms with Crippen molar-refractivity contribution in [2.24, 2.45) is 0 Å². The third-order valence-electron chi connectivity index (χ3n) is 2.20. The number of anilines is 1. The Kier molecular flexibility index (Phi) is 4.26. The Labute approximate surface area is 109 Å². The van der Waals surface area contributed by atoms with Gasteiger partial charge >= 0.3 is 0 Å². The average Bonchev–Trinajstić information content (AvgIpc) is 2.92. The second-order valence-electron chi connectivity index (χ2n) is 3.54. The van der Waals surface area contributed by atoms with E-state index in [9.17, 15) is 4.79 Å². The molecule has 96 valence electrons. The summed E-state index contributed by atoms with van der Waals surface area (Å²) in [5.74, 6) is 5.54. The van der Waals surface area contributed by atoms with E-state index >= 15 is 0 Å². The normalized spacial score (nSPS) is 9.53. The van der Waals surface area contributed by atoms with Crippen LogP contribution in [0.4, 0.5) is 5.82 Å². The molecule has 2 N–H and O–H groups in total. The molecule has 0 bridgehead atoms. The number of aliphatic hydroxyl groups excluding tert-OH is 1. The van der Waals surface area contributed by atoms with E-state index in [1.807, 2.05) is 0 Å². The number of nitrogens with one attached hydrogen (secondary N) is 1. The molecule has 1 amide bonds. The first-order valence-electron chi connectivity index (χ1n) is 5.56. The summed E-state index contributed by atoms with van der Waals surface area (Å²) >= 11 is 0. The zero-order valence-electron chi connectivity index (χ0n) is 9.96. The van der Waals surface area contributed by atoms with Crippen LogP contribution in [0.3, 0.4) is 0 Å². The van der Waals surface area contributed by atoms with E-state index in [0.717, 1.165) is 0 Å². The van der Waals surface area contributed by atoms with Gasteiger partial charge in [-0.05, 0) is 6.07 Å². The van der Waals surface area contributed by atoms with E-state index < -0.39 is 0 Å². The zero-order valence-corrected chi connectivity index (χ0v) is 9.96. The smallest absolute Gasteiger partial charge is 0.258 e. The fourth-order valence-electron chi connectivity index (χ4n) is 1.37. The van der Waals surface area contributed by atoms with E-state index in [4.69, 9.17) is 5.11 Å². The minimum Gasteiger partial charge on any atom is -0.395 e. The molecule has 2 aromatic heterocycles. The van der Waals surface area contributed by atoms with Gasteiger partial charge in [-0.25, -0.2) is 0 Å². The highest BCUT2D eigenvalue weighted by Gasteiger charge is 2.11. The van der Waals surface area contributed by atoms with Gasteiger partial charge in [-0.3, -0.25) is 9.78 Å². The molecule has 0 saturated heterocycles. The van der Waals surface area contributed by atoms with Crippen molar-refractivity contribution in [1.29, 1.82) is 0 Å². The maximum Gasteiger partial charge on any atom is 0.258 e. The fourth-order valence-corrected chi connectivity index (χ4v) is 1.37. The van der Waals surface area contributed by atoms with Crippen LogP contribution in [-0.4, -0.2) is 27.8 Å². The minimum atomic E-state index is -0.343. The van der Waals surface area contributed by atoms with Crippen molar-refractivity contribution < 1.29 is 14.4 Å². The molecular formula is C13H11N3O3. The first kappa shape index (κ1) is 12.8. The van der Waals surface area contributed by atoms with Gasteiger partial charge in [0.1, 0.15) is 6.26 Å². The van der Waals surface area contributed by atoms with E-state index in [-0.39, 0.29) is 12.5 Å². The molecule has 0 aliphatic rings. The highest BCUT2D eigenvalue weighted by molar-refractivity contribution is 6.05. The SMILES string of the molecule is O=C(Nc1ccon1)c1ccncc1C#CCCO. The van der Waals surface area contributed by atoms with Gasteiger partial charge in [-0.2, -0.15) is 0 Å². The van der Waals surface area contributed by atoms with Crippen LogP contribution in [0.1, 0.15) is 22.3 Å². The lowest BCUT2D eigenvalue weighted by Crippen LogP contribution is -2.13. The number of hydrogen-bond donors (Lipinski definition) is 2. The van der Waals surface area contributed by atoms with E-state index in [2.05, 4.69) is 31.8 Å². The van der Waals surface area contributed by atoms with E-state index in [1.165, 1.54) is 24.7 Å². The van der Waals surface area contributed by atoms with Crippen molar-refractivity contribution in [2.75, 3.05) is 11.9 Å². The van der Waals surface area contributed by atoms with Crippen molar-refractivity contribution in [3.05, 3.63) is 41.9 Å². The van der Waals surface area contributed by atoms with Crippen molar-refractivity contribution >= 4 is 11.7 Å². The number of amides is 1. The summed E-state index contributed by atoms with van der Waals surface area (Å²) < 4.78 is 4.63. The predicted molar refractivity (Wildman–Crippen MR) is 67.3 cm³/mol. The topological polar surface area (TPSA) is 88.3 Å². The molecule has 0 atom stereocenters. The number of nitrogens with zero attached hydrogens (tertiary/aromatic N) is 2. The highest BCUT2D eigenvalue weighted by Crippen LogP contribution is 2.09. The lowest BCUT2D eigenvalue weighted by molar-refractivity contribution is 0.102. The van der Waals surface area contributed by atoms with Crippen molar-refractivity contribution in [3.63, 3.8) is 0 Å². The Balaban J connectivity index is 2.20. The van der Waals surface area contributed by atoms with Gasteiger partial charge in [0.05, 0.1) is 17.7 Å². The number of rotatable bonds is 3. The summed E-state index contributed by atoms with van der Waals surface area (Å²) in [6.45, 7) is -0.0201. The first-order valence-corrected chi connectivity index (χ1v) is 5.56. The number of pyridine rings is 1. The van der Waals surface area contributed by atoms with Gasteiger partial charge in [-0.15, -0.1) is 0 Å². The Morgan fingerprint density at radius 3 is 3.11 bits per heavy atom. The van der Waals surface area contributed by atoms with E-state index in [1.54, 1.807) is 6.07 Å². The molecule has 6 nitrogen and oxygen atoms in total. The highest BCUT2D eigenvalue weighted by atomic mass is 16.5. The molecule has 2 aromatic rings. The summed E-state index contributed by atoms with van der Waals surface area (Å²) in [5, 5.41) is 14.9. The van der Waals surface area contributed by atoms with Gasteiger partial charge in [-0.1, -0.05) is 17.0 Å². The predicted octanol–water partition coefficient (Wildman–Crippen LogP) is 1.06. The van der Waals surface area contributed by atoms with Crippen molar-refractivity contribution in [3.8, 4) is 11.8 Å². The Hall–Kier alpha value is -2.65. The molecule has 0 fully saturated rings. The number of carbonyl (C=O) groups excluding carboxylic acids is 1. The van der Waals surface area contributed by atoms with Crippen LogP contribution in [0.2, 0.25) is 0 Å². The number of aromatic nitrogens is 2. The summed E-state index contributed by atoms with van der Waals surface area (Å²) in [6, 6.07) is 3.11. The van der Waals surface area contributed by atoms with Crippen LogP contribution in [0.15, 0.2) is 35.3 Å². The summed E-state index contributed by atoms with van der Waals surface area (Å²) in [4.78, 5) is 16.0. The Bertz CT molecular complexity index is 612. The lowest BCUT2D eigenvalue weighted by atomic mass is 10.1. The third kappa shape index (κ3) is 3.40. The van der Waals surface area contributed by atoms with Crippen LogP contribution in [-0.2, 0) is 0 Å². The fraction of sp³-hybridized carbons (Fsp3) is 0.154. The Morgan fingerprint density at radius 2 is 2.37 bits per heavy atom. The first-order chi connectivity index (χ1) is 9.31. The second kappa shape index (κ2) is 6.33.